The Morgan fingerprint density at radius 2 is 2.06 bits per heavy atom. The summed E-state index contributed by atoms with van der Waals surface area (Å²) in [6.45, 7) is 2.35. The van der Waals surface area contributed by atoms with Gasteiger partial charge in [-0.25, -0.2) is 0 Å². The lowest BCUT2D eigenvalue weighted by Crippen LogP contribution is -2.20. The second-order valence-corrected chi connectivity index (χ2v) is 4.82. The van der Waals surface area contributed by atoms with E-state index in [0.717, 1.165) is 15.6 Å². The number of benzene rings is 1. The number of anilines is 1. The number of nitrogens with two attached hydrogens (primary N) is 1. The third-order valence-electron chi connectivity index (χ3n) is 2.67. The summed E-state index contributed by atoms with van der Waals surface area (Å²) in [6.07, 6.45) is 1.69. The summed E-state index contributed by atoms with van der Waals surface area (Å²) in [5, 5.41) is 0. The van der Waals surface area contributed by atoms with Crippen molar-refractivity contribution in [3.8, 4) is 0 Å². The van der Waals surface area contributed by atoms with E-state index < -0.39 is 0 Å². The molecule has 0 atom stereocenters. The van der Waals surface area contributed by atoms with Crippen molar-refractivity contribution >= 4 is 21.6 Å². The van der Waals surface area contributed by atoms with Crippen LogP contribution in [0.15, 0.2) is 45.8 Å². The lowest BCUT2D eigenvalue weighted by Gasteiger charge is -2.09. The highest BCUT2D eigenvalue weighted by Gasteiger charge is 2.03. The fraction of sp³-hybridized carbons (Fsp3) is 0.154. The Morgan fingerprint density at radius 1 is 1.35 bits per heavy atom. The number of hydrogen-bond acceptors (Lipinski definition) is 2. The van der Waals surface area contributed by atoms with Crippen molar-refractivity contribution in [2.24, 2.45) is 0 Å². The zero-order valence-electron chi connectivity index (χ0n) is 9.48. The number of aromatic nitrogens is 1. The maximum Gasteiger partial charge on any atom is 0.251 e. The third kappa shape index (κ3) is 2.58. The molecule has 1 aromatic carbocycles. The van der Waals surface area contributed by atoms with Gasteiger partial charge in [0, 0.05) is 16.7 Å². The van der Waals surface area contributed by atoms with Crippen LogP contribution < -0.4 is 11.3 Å². The van der Waals surface area contributed by atoms with Gasteiger partial charge >= 0.3 is 0 Å². The van der Waals surface area contributed by atoms with Gasteiger partial charge < -0.3 is 10.3 Å². The van der Waals surface area contributed by atoms with E-state index in [1.807, 2.05) is 31.2 Å². The average Bonchev–Trinajstić information content (AvgIpc) is 2.29. The molecule has 0 unspecified atom stereocenters. The maximum absolute atomic E-state index is 11.8. The van der Waals surface area contributed by atoms with Crippen LogP contribution in [0.2, 0.25) is 0 Å². The fourth-order valence-corrected chi connectivity index (χ4v) is 2.03. The molecule has 1 aromatic heterocycles. The monoisotopic (exact) mass is 292 g/mol. The molecule has 0 aliphatic rings. The molecule has 2 aromatic rings. The Balaban J connectivity index is 2.41. The molecule has 0 amide bonds. The number of halogens is 1. The first-order chi connectivity index (χ1) is 8.08. The van der Waals surface area contributed by atoms with Crippen LogP contribution in [0.3, 0.4) is 0 Å². The van der Waals surface area contributed by atoms with Gasteiger partial charge in [0.05, 0.1) is 12.2 Å². The smallest absolute Gasteiger partial charge is 0.251 e. The van der Waals surface area contributed by atoms with Gasteiger partial charge in [0.2, 0.25) is 0 Å². The largest absolute Gasteiger partial charge is 0.397 e. The molecule has 2 N–H and O–H groups in total. The molecule has 3 nitrogen and oxygen atoms in total. The van der Waals surface area contributed by atoms with E-state index in [2.05, 4.69) is 15.9 Å². The van der Waals surface area contributed by atoms with Crippen molar-refractivity contribution in [3.05, 3.63) is 62.5 Å². The Morgan fingerprint density at radius 3 is 2.76 bits per heavy atom. The van der Waals surface area contributed by atoms with Gasteiger partial charge in [-0.2, -0.15) is 0 Å². The van der Waals surface area contributed by atoms with Crippen LogP contribution in [0.5, 0.6) is 0 Å². The van der Waals surface area contributed by atoms with E-state index in [1.54, 1.807) is 16.8 Å². The second kappa shape index (κ2) is 4.75. The van der Waals surface area contributed by atoms with E-state index >= 15 is 0 Å². The summed E-state index contributed by atoms with van der Waals surface area (Å²) in [5.41, 5.74) is 8.28. The molecule has 0 bridgehead atoms. The van der Waals surface area contributed by atoms with Crippen molar-refractivity contribution in [1.82, 2.24) is 4.57 Å². The predicted octanol–water partition coefficient (Wildman–Crippen LogP) is 2.55. The minimum Gasteiger partial charge on any atom is -0.397 e. The van der Waals surface area contributed by atoms with Gasteiger partial charge in [-0.05, 0) is 24.1 Å². The number of rotatable bonds is 2. The van der Waals surface area contributed by atoms with Crippen molar-refractivity contribution < 1.29 is 0 Å². The predicted molar refractivity (Wildman–Crippen MR) is 73.1 cm³/mol. The van der Waals surface area contributed by atoms with Gasteiger partial charge in [0.15, 0.2) is 0 Å². The topological polar surface area (TPSA) is 48.0 Å². The molecular formula is C13H13BrN2O. The highest BCUT2D eigenvalue weighted by atomic mass is 79.9. The minimum absolute atomic E-state index is 0.0348. The molecule has 0 radical (unpaired) electrons. The van der Waals surface area contributed by atoms with E-state index in [4.69, 9.17) is 5.73 Å². The molecule has 88 valence electrons. The summed E-state index contributed by atoms with van der Waals surface area (Å²) < 4.78 is 2.61. The van der Waals surface area contributed by atoms with Gasteiger partial charge in [-0.15, -0.1) is 0 Å². The first-order valence-corrected chi connectivity index (χ1v) is 6.07. The van der Waals surface area contributed by atoms with Crippen LogP contribution >= 0.6 is 15.9 Å². The number of nitrogens with zero attached hydrogens (tertiary/aromatic N) is 1. The molecule has 0 saturated carbocycles. The minimum atomic E-state index is -0.0348. The molecule has 0 spiro atoms. The van der Waals surface area contributed by atoms with Gasteiger partial charge in [0.1, 0.15) is 0 Å². The van der Waals surface area contributed by atoms with Crippen molar-refractivity contribution in [1.29, 1.82) is 0 Å². The van der Waals surface area contributed by atoms with Crippen LogP contribution in [0, 0.1) is 6.92 Å². The number of hydrogen-bond donors (Lipinski definition) is 1. The molecule has 17 heavy (non-hydrogen) atoms. The Hall–Kier alpha value is -1.55. The van der Waals surface area contributed by atoms with Crippen LogP contribution in [-0.4, -0.2) is 4.57 Å². The number of nitrogen functional groups attached to an aromatic ring is 1. The standard InChI is InChI=1S/C13H13BrN2O/c1-9-6-13(17)16(8-12(9)15)7-10-4-2-3-5-11(10)14/h2-6,8H,7,15H2,1H3. The van der Waals surface area contributed by atoms with E-state index in [0.29, 0.717) is 12.2 Å². The Bertz CT molecular complexity index is 605. The van der Waals surface area contributed by atoms with Crippen molar-refractivity contribution in [2.45, 2.75) is 13.5 Å². The molecule has 0 fully saturated rings. The summed E-state index contributed by atoms with van der Waals surface area (Å²) in [4.78, 5) is 11.8. The highest BCUT2D eigenvalue weighted by Crippen LogP contribution is 2.17. The van der Waals surface area contributed by atoms with Crippen molar-refractivity contribution in [3.63, 3.8) is 0 Å². The molecule has 4 heteroatoms. The first kappa shape index (κ1) is 11.9. The van der Waals surface area contributed by atoms with E-state index in [1.165, 1.54) is 0 Å². The summed E-state index contributed by atoms with van der Waals surface area (Å²) in [7, 11) is 0. The van der Waals surface area contributed by atoms with E-state index in [9.17, 15) is 4.79 Å². The molecular weight excluding hydrogens is 280 g/mol. The molecule has 1 heterocycles. The highest BCUT2D eigenvalue weighted by molar-refractivity contribution is 9.10. The van der Waals surface area contributed by atoms with Crippen molar-refractivity contribution in [2.75, 3.05) is 5.73 Å². The lowest BCUT2D eigenvalue weighted by molar-refractivity contribution is 0.757. The zero-order valence-corrected chi connectivity index (χ0v) is 11.1. The summed E-state index contributed by atoms with van der Waals surface area (Å²) >= 11 is 3.46. The number of pyridine rings is 1. The molecule has 0 saturated heterocycles. The number of aryl methyl sites for hydroxylation is 1. The van der Waals surface area contributed by atoms with Gasteiger partial charge in [-0.1, -0.05) is 34.1 Å². The average molecular weight is 293 g/mol. The lowest BCUT2D eigenvalue weighted by atomic mass is 10.2. The molecule has 0 aliphatic carbocycles. The Labute approximate surface area is 108 Å². The van der Waals surface area contributed by atoms with Crippen LogP contribution in [-0.2, 0) is 6.54 Å². The second-order valence-electron chi connectivity index (χ2n) is 3.97. The summed E-state index contributed by atoms with van der Waals surface area (Å²) in [6, 6.07) is 9.39. The van der Waals surface area contributed by atoms with Crippen LogP contribution in [0.1, 0.15) is 11.1 Å². The van der Waals surface area contributed by atoms with Crippen LogP contribution in [0.25, 0.3) is 0 Å². The Kier molecular flexibility index (Phi) is 3.33. The third-order valence-corrected chi connectivity index (χ3v) is 3.45. The molecule has 2 rings (SSSR count). The quantitative estimate of drug-likeness (QED) is 0.925. The zero-order chi connectivity index (χ0) is 12.4. The molecule has 0 aliphatic heterocycles. The van der Waals surface area contributed by atoms with Gasteiger partial charge in [-0.3, -0.25) is 4.79 Å². The normalized spacial score (nSPS) is 10.5. The fourth-order valence-electron chi connectivity index (χ4n) is 1.62. The first-order valence-electron chi connectivity index (χ1n) is 5.28. The van der Waals surface area contributed by atoms with Gasteiger partial charge in [0.25, 0.3) is 5.56 Å². The summed E-state index contributed by atoms with van der Waals surface area (Å²) in [5.74, 6) is 0. The SMILES string of the molecule is Cc1cc(=O)n(Cc2ccccc2Br)cc1N. The maximum atomic E-state index is 11.8. The van der Waals surface area contributed by atoms with Crippen LogP contribution in [0.4, 0.5) is 5.69 Å². The van der Waals surface area contributed by atoms with E-state index in [-0.39, 0.29) is 5.56 Å².